The van der Waals surface area contributed by atoms with Gasteiger partial charge in [0.2, 0.25) is 10.0 Å². The van der Waals surface area contributed by atoms with E-state index in [-0.39, 0.29) is 16.5 Å². The van der Waals surface area contributed by atoms with E-state index in [1.165, 1.54) is 20.2 Å². The molecular formula is C15H20N4O4S. The monoisotopic (exact) mass is 352 g/mol. The zero-order valence-electron chi connectivity index (χ0n) is 13.6. The number of aromatic nitrogens is 2. The summed E-state index contributed by atoms with van der Waals surface area (Å²) in [6.45, 7) is 0. The second kappa shape index (κ2) is 6.15. The Morgan fingerprint density at radius 1 is 1.33 bits per heavy atom. The number of nitrogens with two attached hydrogens (primary N) is 1. The van der Waals surface area contributed by atoms with E-state index in [0.717, 1.165) is 25.7 Å². The molecule has 0 radical (unpaired) electrons. The van der Waals surface area contributed by atoms with Gasteiger partial charge in [0.1, 0.15) is 10.6 Å². The largest absolute Gasteiger partial charge is 0.495 e. The van der Waals surface area contributed by atoms with Gasteiger partial charge in [0.25, 0.3) is 5.89 Å². The maximum absolute atomic E-state index is 12.2. The van der Waals surface area contributed by atoms with Crippen LogP contribution in [0.2, 0.25) is 0 Å². The third-order valence-corrected chi connectivity index (χ3v) is 5.77. The number of rotatable bonds is 5. The van der Waals surface area contributed by atoms with Crippen LogP contribution in [0, 0.1) is 0 Å². The van der Waals surface area contributed by atoms with E-state index in [0.29, 0.717) is 11.4 Å². The molecule has 3 N–H and O–H groups in total. The topological polar surface area (TPSA) is 120 Å². The average molecular weight is 352 g/mol. The molecule has 0 spiro atoms. The van der Waals surface area contributed by atoms with Crippen molar-refractivity contribution in [3.8, 4) is 17.2 Å². The Labute approximate surface area is 140 Å². The molecule has 0 unspecified atom stereocenters. The Kier molecular flexibility index (Phi) is 4.33. The quantitative estimate of drug-likeness (QED) is 0.834. The first-order valence-electron chi connectivity index (χ1n) is 7.65. The number of hydrogen-bond donors (Lipinski definition) is 2. The van der Waals surface area contributed by atoms with Crippen molar-refractivity contribution < 1.29 is 17.7 Å². The number of hydrogen-bond acceptors (Lipinski definition) is 7. The lowest BCUT2D eigenvalue weighted by molar-refractivity contribution is 0.372. The van der Waals surface area contributed by atoms with Crippen molar-refractivity contribution in [1.29, 1.82) is 0 Å². The summed E-state index contributed by atoms with van der Waals surface area (Å²) < 4.78 is 37.0. The first-order valence-corrected chi connectivity index (χ1v) is 9.13. The van der Waals surface area contributed by atoms with Crippen LogP contribution in [-0.2, 0) is 15.6 Å². The Morgan fingerprint density at radius 3 is 2.67 bits per heavy atom. The Hall–Kier alpha value is -1.97. The fraction of sp³-hybridized carbons (Fsp3) is 0.467. The van der Waals surface area contributed by atoms with Crippen LogP contribution in [0.3, 0.4) is 0 Å². The van der Waals surface area contributed by atoms with E-state index in [2.05, 4.69) is 14.9 Å². The predicted molar refractivity (Wildman–Crippen MR) is 86.9 cm³/mol. The van der Waals surface area contributed by atoms with Crippen molar-refractivity contribution in [3.05, 3.63) is 24.0 Å². The number of sulfonamides is 1. The molecule has 0 saturated heterocycles. The van der Waals surface area contributed by atoms with E-state index in [1.807, 2.05) is 0 Å². The van der Waals surface area contributed by atoms with E-state index in [4.69, 9.17) is 15.0 Å². The fourth-order valence-corrected chi connectivity index (χ4v) is 3.82. The second-order valence-electron chi connectivity index (χ2n) is 5.86. The zero-order chi connectivity index (χ0) is 17.4. The van der Waals surface area contributed by atoms with Gasteiger partial charge in [-0.25, -0.2) is 13.1 Å². The lowest BCUT2D eigenvalue weighted by Gasteiger charge is -2.17. The van der Waals surface area contributed by atoms with Crippen LogP contribution < -0.4 is 15.2 Å². The molecule has 0 aliphatic heterocycles. The SMILES string of the molecule is CNS(=O)(=O)c1cc(-c2nc(C3(N)CCCC3)no2)ccc1OC. The standard InChI is InChI=1S/C15H20N4O4S/c1-17-24(20,21)12-9-10(5-6-11(12)22-2)13-18-14(19-23-13)15(16)7-3-4-8-15/h5-6,9,17H,3-4,7-8,16H2,1-2H3. The van der Waals surface area contributed by atoms with Crippen molar-refractivity contribution in [1.82, 2.24) is 14.9 Å². The molecule has 24 heavy (non-hydrogen) atoms. The lowest BCUT2D eigenvalue weighted by Crippen LogP contribution is -2.34. The van der Waals surface area contributed by atoms with Gasteiger partial charge in [-0.05, 0) is 38.1 Å². The Balaban J connectivity index is 2.02. The molecule has 9 heteroatoms. The van der Waals surface area contributed by atoms with Crippen molar-refractivity contribution in [2.45, 2.75) is 36.1 Å². The molecule has 0 atom stereocenters. The molecule has 1 aliphatic rings. The zero-order valence-corrected chi connectivity index (χ0v) is 14.4. The van der Waals surface area contributed by atoms with Crippen LogP contribution in [-0.4, -0.2) is 32.7 Å². The molecule has 2 aromatic rings. The summed E-state index contributed by atoms with van der Waals surface area (Å²) in [6.07, 6.45) is 3.70. The van der Waals surface area contributed by atoms with Gasteiger partial charge in [-0.2, -0.15) is 4.98 Å². The molecule has 0 bridgehead atoms. The molecule has 1 aliphatic carbocycles. The molecule has 130 valence electrons. The minimum Gasteiger partial charge on any atom is -0.495 e. The summed E-state index contributed by atoms with van der Waals surface area (Å²) in [7, 11) is -0.935. The molecule has 1 saturated carbocycles. The van der Waals surface area contributed by atoms with E-state index < -0.39 is 15.6 Å². The number of nitrogens with zero attached hydrogens (tertiary/aromatic N) is 2. The minimum atomic E-state index is -3.68. The van der Waals surface area contributed by atoms with Gasteiger partial charge in [-0.15, -0.1) is 0 Å². The van der Waals surface area contributed by atoms with Gasteiger partial charge in [0.15, 0.2) is 5.82 Å². The van der Waals surface area contributed by atoms with Gasteiger partial charge < -0.3 is 15.0 Å². The smallest absolute Gasteiger partial charge is 0.258 e. The van der Waals surface area contributed by atoms with E-state index in [9.17, 15) is 8.42 Å². The van der Waals surface area contributed by atoms with Crippen molar-refractivity contribution in [2.24, 2.45) is 5.73 Å². The van der Waals surface area contributed by atoms with Crippen LogP contribution in [0.15, 0.2) is 27.6 Å². The number of benzene rings is 1. The minimum absolute atomic E-state index is 0.00748. The van der Waals surface area contributed by atoms with Gasteiger partial charge in [0, 0.05) is 5.56 Å². The number of methoxy groups -OCH3 is 1. The third-order valence-electron chi connectivity index (χ3n) is 4.34. The van der Waals surface area contributed by atoms with Crippen molar-refractivity contribution >= 4 is 10.0 Å². The summed E-state index contributed by atoms with van der Waals surface area (Å²) >= 11 is 0. The van der Waals surface area contributed by atoms with Crippen LogP contribution in [0.25, 0.3) is 11.5 Å². The highest BCUT2D eigenvalue weighted by Gasteiger charge is 2.36. The molecule has 1 aromatic heterocycles. The van der Waals surface area contributed by atoms with Crippen molar-refractivity contribution in [2.75, 3.05) is 14.2 Å². The molecular weight excluding hydrogens is 332 g/mol. The van der Waals surface area contributed by atoms with Crippen LogP contribution >= 0.6 is 0 Å². The van der Waals surface area contributed by atoms with E-state index >= 15 is 0 Å². The highest BCUT2D eigenvalue weighted by Crippen LogP contribution is 2.36. The fourth-order valence-electron chi connectivity index (χ4n) is 2.90. The normalized spacial score (nSPS) is 17.1. The third kappa shape index (κ3) is 2.90. The molecule has 1 aromatic carbocycles. The van der Waals surface area contributed by atoms with Gasteiger partial charge in [0.05, 0.1) is 12.6 Å². The highest BCUT2D eigenvalue weighted by molar-refractivity contribution is 7.89. The second-order valence-corrected chi connectivity index (χ2v) is 7.71. The maximum atomic E-state index is 12.2. The summed E-state index contributed by atoms with van der Waals surface area (Å²) in [5.41, 5.74) is 6.26. The van der Waals surface area contributed by atoms with Gasteiger partial charge in [-0.1, -0.05) is 18.0 Å². The Bertz CT molecular complexity index is 841. The molecule has 1 fully saturated rings. The molecule has 1 heterocycles. The lowest BCUT2D eigenvalue weighted by atomic mass is 9.99. The van der Waals surface area contributed by atoms with Crippen LogP contribution in [0.1, 0.15) is 31.5 Å². The summed E-state index contributed by atoms with van der Waals surface area (Å²) in [4.78, 5) is 4.39. The van der Waals surface area contributed by atoms with Crippen LogP contribution in [0.5, 0.6) is 5.75 Å². The first-order chi connectivity index (χ1) is 11.4. The summed E-state index contributed by atoms with van der Waals surface area (Å²) in [5, 5.41) is 3.99. The molecule has 3 rings (SSSR count). The number of ether oxygens (including phenoxy) is 1. The highest BCUT2D eigenvalue weighted by atomic mass is 32.2. The predicted octanol–water partition coefficient (Wildman–Crippen LogP) is 1.38. The molecule has 0 amide bonds. The van der Waals surface area contributed by atoms with Gasteiger partial charge in [-0.3, -0.25) is 0 Å². The summed E-state index contributed by atoms with van der Waals surface area (Å²) in [5.74, 6) is 0.930. The number of nitrogens with one attached hydrogen (secondary N) is 1. The first kappa shape index (κ1) is 16.9. The average Bonchev–Trinajstić information content (AvgIpc) is 3.24. The van der Waals surface area contributed by atoms with Crippen molar-refractivity contribution in [3.63, 3.8) is 0 Å². The maximum Gasteiger partial charge on any atom is 0.258 e. The summed E-state index contributed by atoms with van der Waals surface area (Å²) in [6, 6.07) is 4.67. The van der Waals surface area contributed by atoms with E-state index in [1.54, 1.807) is 12.1 Å². The Morgan fingerprint density at radius 2 is 2.04 bits per heavy atom. The van der Waals surface area contributed by atoms with Crippen LogP contribution in [0.4, 0.5) is 0 Å². The van der Waals surface area contributed by atoms with Gasteiger partial charge >= 0.3 is 0 Å². The molecule has 8 nitrogen and oxygen atoms in total.